The molecule has 0 aliphatic rings. The highest BCUT2D eigenvalue weighted by Gasteiger charge is 2.33. The van der Waals surface area contributed by atoms with Crippen molar-refractivity contribution in [3.63, 3.8) is 0 Å². The molecule has 0 fully saturated rings. The van der Waals surface area contributed by atoms with Crippen LogP contribution in [-0.4, -0.2) is 67.9 Å². The number of hydrogen-bond acceptors (Lipinski definition) is 6. The Kier molecular flexibility index (Phi) is 5.58. The molecule has 0 saturated heterocycles. The molecule has 0 saturated carbocycles. The molecule has 1 rings (SSSR count). The van der Waals surface area contributed by atoms with Gasteiger partial charge in [-0.15, -0.1) is 0 Å². The van der Waals surface area contributed by atoms with E-state index in [2.05, 4.69) is 0 Å². The summed E-state index contributed by atoms with van der Waals surface area (Å²) in [5.41, 5.74) is -1.08. The fourth-order valence-corrected chi connectivity index (χ4v) is 3.11. The van der Waals surface area contributed by atoms with E-state index in [0.717, 1.165) is 21.3 Å². The Morgan fingerprint density at radius 1 is 1.32 bits per heavy atom. The van der Waals surface area contributed by atoms with Crippen LogP contribution >= 0.6 is 0 Å². The lowest BCUT2D eigenvalue weighted by Gasteiger charge is -2.19. The Hall–Kier alpha value is -2.04. The third-order valence-corrected chi connectivity index (χ3v) is 4.82. The Labute approximate surface area is 128 Å². The number of aliphatic hydroxyl groups excluding tert-OH is 1. The number of hydrogen-bond donors (Lipinski definition) is 1. The summed E-state index contributed by atoms with van der Waals surface area (Å²) in [6.07, 6.45) is 0. The Morgan fingerprint density at radius 2 is 1.91 bits per heavy atom. The maximum absolute atomic E-state index is 12.5. The van der Waals surface area contributed by atoms with Gasteiger partial charge in [-0.2, -0.15) is 4.31 Å². The fraction of sp³-hybridized carbons (Fsp3) is 0.417. The average molecular weight is 331 g/mol. The highest BCUT2D eigenvalue weighted by atomic mass is 32.2. The third kappa shape index (κ3) is 3.40. The Morgan fingerprint density at radius 3 is 2.36 bits per heavy atom. The smallest absolute Gasteiger partial charge is 0.283 e. The van der Waals surface area contributed by atoms with E-state index in [0.29, 0.717) is 0 Å². The summed E-state index contributed by atoms with van der Waals surface area (Å²) in [6, 6.07) is 3.40. The zero-order valence-corrected chi connectivity index (χ0v) is 13.2. The summed E-state index contributed by atoms with van der Waals surface area (Å²) >= 11 is 0. The molecule has 1 N–H and O–H groups in total. The largest absolute Gasteiger partial charge is 0.395 e. The van der Waals surface area contributed by atoms with E-state index in [1.54, 1.807) is 0 Å². The molecule has 122 valence electrons. The number of benzene rings is 1. The molecule has 0 spiro atoms. The lowest BCUT2D eigenvalue weighted by Crippen LogP contribution is -2.32. The topological polar surface area (TPSA) is 121 Å². The second-order valence-corrected chi connectivity index (χ2v) is 6.67. The van der Waals surface area contributed by atoms with Gasteiger partial charge in [0.2, 0.25) is 10.0 Å². The number of nitro groups is 1. The molecule has 10 heteroatoms. The predicted molar refractivity (Wildman–Crippen MR) is 78.0 cm³/mol. The van der Waals surface area contributed by atoms with Crippen LogP contribution in [0.25, 0.3) is 0 Å². The van der Waals surface area contributed by atoms with E-state index in [1.807, 2.05) is 0 Å². The highest BCUT2D eigenvalue weighted by molar-refractivity contribution is 7.89. The number of amides is 1. The Balaban J connectivity index is 3.65. The average Bonchev–Trinajstić information content (AvgIpc) is 2.45. The monoisotopic (exact) mass is 331 g/mol. The molecule has 22 heavy (non-hydrogen) atoms. The first-order chi connectivity index (χ1) is 10.1. The van der Waals surface area contributed by atoms with Gasteiger partial charge in [0.25, 0.3) is 11.6 Å². The quantitative estimate of drug-likeness (QED) is 0.574. The number of rotatable bonds is 6. The van der Waals surface area contributed by atoms with Gasteiger partial charge in [0.1, 0.15) is 10.5 Å². The third-order valence-electron chi connectivity index (χ3n) is 2.92. The molecule has 0 aliphatic heterocycles. The van der Waals surface area contributed by atoms with Crippen LogP contribution in [0.5, 0.6) is 0 Å². The number of aliphatic hydroxyl groups is 1. The van der Waals surface area contributed by atoms with Crippen molar-refractivity contribution in [2.24, 2.45) is 0 Å². The van der Waals surface area contributed by atoms with E-state index < -0.39 is 43.6 Å². The van der Waals surface area contributed by atoms with Gasteiger partial charge in [0.15, 0.2) is 0 Å². The lowest BCUT2D eigenvalue weighted by molar-refractivity contribution is -0.385. The van der Waals surface area contributed by atoms with Crippen molar-refractivity contribution in [2.75, 3.05) is 34.3 Å². The summed E-state index contributed by atoms with van der Waals surface area (Å²) in [4.78, 5) is 23.1. The molecule has 0 aromatic heterocycles. The molecule has 1 aromatic carbocycles. The van der Waals surface area contributed by atoms with Crippen molar-refractivity contribution >= 4 is 21.6 Å². The normalized spacial score (nSPS) is 11.5. The van der Waals surface area contributed by atoms with Crippen LogP contribution < -0.4 is 0 Å². The first kappa shape index (κ1) is 18.0. The highest BCUT2D eigenvalue weighted by Crippen LogP contribution is 2.28. The minimum absolute atomic E-state index is 0.194. The number of nitro benzene ring substituents is 1. The van der Waals surface area contributed by atoms with E-state index in [1.165, 1.54) is 27.2 Å². The van der Waals surface area contributed by atoms with Gasteiger partial charge in [-0.3, -0.25) is 14.9 Å². The molecule has 0 aliphatic carbocycles. The van der Waals surface area contributed by atoms with Crippen LogP contribution in [0.15, 0.2) is 23.1 Å². The van der Waals surface area contributed by atoms with Gasteiger partial charge >= 0.3 is 0 Å². The van der Waals surface area contributed by atoms with Crippen molar-refractivity contribution < 1.29 is 23.2 Å². The van der Waals surface area contributed by atoms with E-state index in [9.17, 15) is 23.3 Å². The number of carbonyl (C=O) groups is 1. The molecular formula is C12H17N3O6S. The molecule has 0 atom stereocenters. The summed E-state index contributed by atoms with van der Waals surface area (Å²) in [6.45, 7) is -0.609. The van der Waals surface area contributed by atoms with Crippen LogP contribution in [0.4, 0.5) is 5.69 Å². The Bertz CT molecular complexity index is 686. The van der Waals surface area contributed by atoms with Gasteiger partial charge in [0.05, 0.1) is 11.5 Å². The van der Waals surface area contributed by atoms with Crippen LogP contribution in [0.1, 0.15) is 10.4 Å². The van der Waals surface area contributed by atoms with Gasteiger partial charge in [0, 0.05) is 33.8 Å². The molecule has 0 bridgehead atoms. The molecule has 9 nitrogen and oxygen atoms in total. The lowest BCUT2D eigenvalue weighted by atomic mass is 10.1. The van der Waals surface area contributed by atoms with Crippen molar-refractivity contribution in [1.82, 2.24) is 9.21 Å². The predicted octanol–water partition coefficient (Wildman–Crippen LogP) is -0.0906. The zero-order chi connectivity index (χ0) is 17.1. The van der Waals surface area contributed by atoms with Gasteiger partial charge < -0.3 is 10.0 Å². The number of carbonyl (C=O) groups excluding carboxylic acids is 1. The maximum Gasteiger partial charge on any atom is 0.283 e. The summed E-state index contributed by atoms with van der Waals surface area (Å²) in [7, 11) is -0.192. The maximum atomic E-state index is 12.5. The van der Waals surface area contributed by atoms with Crippen molar-refractivity contribution in [1.29, 1.82) is 0 Å². The second kappa shape index (κ2) is 6.81. The molecule has 1 amide bonds. The molecule has 1 aromatic rings. The second-order valence-electron chi connectivity index (χ2n) is 4.66. The number of sulfonamides is 1. The van der Waals surface area contributed by atoms with Gasteiger partial charge in [-0.1, -0.05) is 6.07 Å². The van der Waals surface area contributed by atoms with Crippen molar-refractivity contribution in [3.05, 3.63) is 33.9 Å². The SMILES string of the molecule is CN(C)C(=O)c1c([N+](=O)[O-])cccc1S(=O)(=O)N(C)CCO. The minimum Gasteiger partial charge on any atom is -0.395 e. The number of likely N-dealkylation sites (N-methyl/N-ethyl adjacent to an activating group) is 1. The van der Waals surface area contributed by atoms with Crippen molar-refractivity contribution in [2.45, 2.75) is 4.90 Å². The summed E-state index contributed by atoms with van der Waals surface area (Å²) < 4.78 is 25.8. The summed E-state index contributed by atoms with van der Waals surface area (Å²) in [5.74, 6) is -0.789. The molecular weight excluding hydrogens is 314 g/mol. The van der Waals surface area contributed by atoms with Crippen LogP contribution in [0, 0.1) is 10.1 Å². The van der Waals surface area contributed by atoms with E-state index in [4.69, 9.17) is 5.11 Å². The molecule has 0 radical (unpaired) electrons. The van der Waals surface area contributed by atoms with Crippen LogP contribution in [0.3, 0.4) is 0 Å². The first-order valence-electron chi connectivity index (χ1n) is 6.20. The summed E-state index contributed by atoms with van der Waals surface area (Å²) in [5, 5.41) is 20.0. The van der Waals surface area contributed by atoms with Crippen molar-refractivity contribution in [3.8, 4) is 0 Å². The first-order valence-corrected chi connectivity index (χ1v) is 7.64. The fourth-order valence-electron chi connectivity index (χ4n) is 1.75. The van der Waals surface area contributed by atoms with Crippen LogP contribution in [-0.2, 0) is 10.0 Å². The van der Waals surface area contributed by atoms with Crippen LogP contribution in [0.2, 0.25) is 0 Å². The van der Waals surface area contributed by atoms with E-state index in [-0.39, 0.29) is 6.54 Å². The standard InChI is InChI=1S/C12H17N3O6S/c1-13(2)12(17)11-9(15(18)19)5-4-6-10(11)22(20,21)14(3)7-8-16/h4-6,16H,7-8H2,1-3H3. The van der Waals surface area contributed by atoms with Gasteiger partial charge in [-0.05, 0) is 6.07 Å². The minimum atomic E-state index is -4.14. The number of nitrogens with zero attached hydrogens (tertiary/aromatic N) is 3. The van der Waals surface area contributed by atoms with E-state index >= 15 is 0 Å². The van der Waals surface area contributed by atoms with Gasteiger partial charge in [-0.25, -0.2) is 8.42 Å². The molecule has 0 unspecified atom stereocenters. The zero-order valence-electron chi connectivity index (χ0n) is 12.4. The molecule has 0 heterocycles.